The Hall–Kier alpha value is -1.17. The first kappa shape index (κ1) is 15.2. The zero-order chi connectivity index (χ0) is 14.8. The second kappa shape index (κ2) is 5.68. The molecule has 0 bridgehead atoms. The molecule has 3 atom stereocenters. The standard InChI is InChI=1S/C14H20ClN3O2/c1-13(2,3)11(19)12(18-10-16-9-17-18)20-14(15)7-5-4-6-8-14/h4-7,9-12,19H,8H2,1-3H3. The summed E-state index contributed by atoms with van der Waals surface area (Å²) in [4.78, 5) is 3.91. The minimum Gasteiger partial charge on any atom is -0.388 e. The molecule has 1 aromatic rings. The molecule has 1 aliphatic carbocycles. The van der Waals surface area contributed by atoms with Gasteiger partial charge in [0.25, 0.3) is 0 Å². The van der Waals surface area contributed by atoms with Gasteiger partial charge >= 0.3 is 0 Å². The number of aromatic nitrogens is 3. The molecule has 5 nitrogen and oxygen atoms in total. The summed E-state index contributed by atoms with van der Waals surface area (Å²) in [5, 5.41) is 13.6. The van der Waals surface area contributed by atoms with E-state index in [4.69, 9.17) is 16.3 Å². The van der Waals surface area contributed by atoms with Crippen LogP contribution in [0.3, 0.4) is 0 Å². The fourth-order valence-electron chi connectivity index (χ4n) is 1.90. The van der Waals surface area contributed by atoms with E-state index in [1.54, 1.807) is 6.08 Å². The monoisotopic (exact) mass is 297 g/mol. The molecule has 0 fully saturated rings. The van der Waals surface area contributed by atoms with Crippen molar-refractivity contribution < 1.29 is 9.84 Å². The number of ether oxygens (including phenoxy) is 1. The van der Waals surface area contributed by atoms with Gasteiger partial charge in [0.05, 0.1) is 0 Å². The van der Waals surface area contributed by atoms with Crippen molar-refractivity contribution in [3.63, 3.8) is 0 Å². The van der Waals surface area contributed by atoms with E-state index in [2.05, 4.69) is 10.1 Å². The predicted molar refractivity (Wildman–Crippen MR) is 77.1 cm³/mol. The highest BCUT2D eigenvalue weighted by molar-refractivity contribution is 6.24. The summed E-state index contributed by atoms with van der Waals surface area (Å²) in [5.41, 5.74) is -0.377. The van der Waals surface area contributed by atoms with Gasteiger partial charge in [-0.3, -0.25) is 0 Å². The van der Waals surface area contributed by atoms with Crippen LogP contribution in [0.25, 0.3) is 0 Å². The quantitative estimate of drug-likeness (QED) is 0.868. The molecule has 0 aromatic carbocycles. The maximum Gasteiger partial charge on any atom is 0.180 e. The number of hydrogen-bond acceptors (Lipinski definition) is 4. The highest BCUT2D eigenvalue weighted by Gasteiger charge is 2.38. The van der Waals surface area contributed by atoms with Crippen molar-refractivity contribution >= 4 is 11.6 Å². The highest BCUT2D eigenvalue weighted by atomic mass is 35.5. The molecule has 0 spiro atoms. The largest absolute Gasteiger partial charge is 0.388 e. The SMILES string of the molecule is CC(C)(C)C(O)C(OC1(Cl)C=CC=CC1)n1cncn1. The molecule has 1 aromatic heterocycles. The fourth-order valence-corrected chi connectivity index (χ4v) is 2.16. The Morgan fingerprint density at radius 2 is 2.15 bits per heavy atom. The molecule has 6 heteroatoms. The number of nitrogens with zero attached hydrogens (tertiary/aromatic N) is 3. The van der Waals surface area contributed by atoms with Crippen molar-refractivity contribution in [1.29, 1.82) is 0 Å². The maximum atomic E-state index is 10.5. The number of hydrogen-bond donors (Lipinski definition) is 1. The fraction of sp³-hybridized carbons (Fsp3) is 0.571. The molecule has 0 aliphatic heterocycles. The van der Waals surface area contributed by atoms with Gasteiger partial charge in [0.1, 0.15) is 18.8 Å². The Bertz CT molecular complexity index is 493. The minimum absolute atomic E-state index is 0.377. The zero-order valence-corrected chi connectivity index (χ0v) is 12.7. The average Bonchev–Trinajstić information content (AvgIpc) is 2.88. The third-order valence-electron chi connectivity index (χ3n) is 3.16. The van der Waals surface area contributed by atoms with Crippen LogP contribution in [0.4, 0.5) is 0 Å². The molecule has 1 aliphatic rings. The van der Waals surface area contributed by atoms with Crippen LogP contribution in [0.2, 0.25) is 0 Å². The molecule has 0 saturated heterocycles. The summed E-state index contributed by atoms with van der Waals surface area (Å²) in [5.74, 6) is 0. The van der Waals surface area contributed by atoms with Gasteiger partial charge in [-0.15, -0.1) is 0 Å². The summed E-state index contributed by atoms with van der Waals surface area (Å²) in [6.07, 6.45) is 9.42. The van der Waals surface area contributed by atoms with Crippen molar-refractivity contribution in [1.82, 2.24) is 14.8 Å². The van der Waals surface area contributed by atoms with E-state index in [0.717, 1.165) is 0 Å². The number of alkyl halides is 1. The lowest BCUT2D eigenvalue weighted by Gasteiger charge is -2.37. The molecule has 0 amide bonds. The molecular formula is C14H20ClN3O2. The summed E-state index contributed by atoms with van der Waals surface area (Å²) >= 11 is 6.45. The van der Waals surface area contributed by atoms with Crippen molar-refractivity contribution in [2.45, 2.75) is 44.6 Å². The van der Waals surface area contributed by atoms with Crippen LogP contribution >= 0.6 is 11.6 Å². The highest BCUT2D eigenvalue weighted by Crippen LogP contribution is 2.36. The first-order valence-electron chi connectivity index (χ1n) is 6.55. The second-order valence-corrected chi connectivity index (χ2v) is 6.61. The van der Waals surface area contributed by atoms with Gasteiger partial charge in [-0.1, -0.05) is 50.6 Å². The average molecular weight is 298 g/mol. The van der Waals surface area contributed by atoms with Crippen LogP contribution < -0.4 is 0 Å². The first-order chi connectivity index (χ1) is 9.32. The molecule has 2 rings (SSSR count). The van der Waals surface area contributed by atoms with Gasteiger partial charge in [-0.25, -0.2) is 9.67 Å². The van der Waals surface area contributed by atoms with Crippen molar-refractivity contribution in [3.05, 3.63) is 37.0 Å². The predicted octanol–water partition coefficient (Wildman–Crippen LogP) is 2.65. The third-order valence-corrected chi connectivity index (χ3v) is 3.53. The van der Waals surface area contributed by atoms with E-state index in [-0.39, 0.29) is 5.41 Å². The van der Waals surface area contributed by atoms with Gasteiger partial charge in [0, 0.05) is 6.42 Å². The summed E-state index contributed by atoms with van der Waals surface area (Å²) in [6, 6.07) is 0. The Labute approximate surface area is 123 Å². The van der Waals surface area contributed by atoms with Crippen LogP contribution in [0.5, 0.6) is 0 Å². The first-order valence-corrected chi connectivity index (χ1v) is 6.93. The number of aliphatic hydroxyl groups excluding tert-OH is 1. The van der Waals surface area contributed by atoms with E-state index < -0.39 is 17.4 Å². The van der Waals surface area contributed by atoms with Gasteiger partial charge in [-0.05, 0) is 11.5 Å². The Morgan fingerprint density at radius 3 is 2.65 bits per heavy atom. The maximum absolute atomic E-state index is 10.5. The van der Waals surface area contributed by atoms with Crippen molar-refractivity contribution in [2.24, 2.45) is 5.41 Å². The van der Waals surface area contributed by atoms with Crippen LogP contribution in [0.1, 0.15) is 33.4 Å². The molecule has 3 unspecified atom stereocenters. The lowest BCUT2D eigenvalue weighted by Crippen LogP contribution is -2.41. The Kier molecular flexibility index (Phi) is 4.32. The van der Waals surface area contributed by atoms with Gasteiger partial charge in [0.15, 0.2) is 11.3 Å². The Balaban J connectivity index is 2.24. The molecule has 110 valence electrons. The zero-order valence-electron chi connectivity index (χ0n) is 11.9. The summed E-state index contributed by atoms with van der Waals surface area (Å²) < 4.78 is 7.44. The number of aliphatic hydroxyl groups is 1. The lowest BCUT2D eigenvalue weighted by atomic mass is 9.88. The number of rotatable bonds is 4. The summed E-state index contributed by atoms with van der Waals surface area (Å²) in [7, 11) is 0. The second-order valence-electron chi connectivity index (χ2n) is 5.97. The lowest BCUT2D eigenvalue weighted by molar-refractivity contribution is -0.153. The van der Waals surface area contributed by atoms with Crippen LogP contribution in [0.15, 0.2) is 37.0 Å². The van der Waals surface area contributed by atoms with Gasteiger partial charge < -0.3 is 9.84 Å². The normalized spacial score (nSPS) is 25.6. The number of halogens is 1. The van der Waals surface area contributed by atoms with E-state index in [0.29, 0.717) is 6.42 Å². The van der Waals surface area contributed by atoms with Gasteiger partial charge in [0.2, 0.25) is 0 Å². The molecule has 1 N–H and O–H groups in total. The van der Waals surface area contributed by atoms with E-state index in [1.165, 1.54) is 17.3 Å². The van der Waals surface area contributed by atoms with Crippen LogP contribution in [-0.2, 0) is 4.74 Å². The van der Waals surface area contributed by atoms with Gasteiger partial charge in [-0.2, -0.15) is 5.10 Å². The van der Waals surface area contributed by atoms with Crippen molar-refractivity contribution in [2.75, 3.05) is 0 Å². The molecule has 20 heavy (non-hydrogen) atoms. The molecule has 0 radical (unpaired) electrons. The smallest absolute Gasteiger partial charge is 0.180 e. The summed E-state index contributed by atoms with van der Waals surface area (Å²) in [6.45, 7) is 5.80. The number of allylic oxidation sites excluding steroid dienone is 2. The van der Waals surface area contributed by atoms with E-state index in [9.17, 15) is 5.11 Å². The minimum atomic E-state index is -0.975. The third kappa shape index (κ3) is 3.48. The Morgan fingerprint density at radius 1 is 1.40 bits per heavy atom. The topological polar surface area (TPSA) is 60.2 Å². The van der Waals surface area contributed by atoms with Crippen LogP contribution in [0, 0.1) is 5.41 Å². The van der Waals surface area contributed by atoms with E-state index in [1.807, 2.05) is 39.0 Å². The van der Waals surface area contributed by atoms with Crippen LogP contribution in [-0.4, -0.2) is 31.0 Å². The molecular weight excluding hydrogens is 278 g/mol. The van der Waals surface area contributed by atoms with Crippen molar-refractivity contribution in [3.8, 4) is 0 Å². The molecule has 0 saturated carbocycles. The molecule has 1 heterocycles. The van der Waals surface area contributed by atoms with E-state index >= 15 is 0 Å².